The maximum Gasteiger partial charge on any atom is 0.305 e. The van der Waals surface area contributed by atoms with Crippen molar-refractivity contribution >= 4 is 29.3 Å². The zero-order chi connectivity index (χ0) is 12.7. The highest BCUT2D eigenvalue weighted by atomic mass is 32.1. The molecule has 1 atom stereocenters. The summed E-state index contributed by atoms with van der Waals surface area (Å²) in [4.78, 5) is 23.0. The van der Waals surface area contributed by atoms with Crippen LogP contribution in [0.5, 0.6) is 0 Å². The number of carboxylic acids is 1. The molecule has 0 bridgehead atoms. The summed E-state index contributed by atoms with van der Waals surface area (Å²) >= 11 is 1.54. The molecule has 5 heteroatoms. The molecule has 0 aliphatic carbocycles. The predicted octanol–water partition coefficient (Wildman–Crippen LogP) is 2.13. The van der Waals surface area contributed by atoms with Crippen LogP contribution in [-0.4, -0.2) is 23.0 Å². The van der Waals surface area contributed by atoms with Crippen molar-refractivity contribution in [3.05, 3.63) is 28.5 Å². The Morgan fingerprint density at radius 1 is 1.59 bits per heavy atom. The zero-order valence-corrected chi connectivity index (χ0v) is 10.4. The van der Waals surface area contributed by atoms with Gasteiger partial charge in [0.05, 0.1) is 6.42 Å². The van der Waals surface area contributed by atoms with Gasteiger partial charge in [-0.15, -0.1) is 11.3 Å². The number of amides is 1. The molecule has 0 spiro atoms. The van der Waals surface area contributed by atoms with E-state index >= 15 is 0 Å². The molecule has 0 aromatic carbocycles. The van der Waals surface area contributed by atoms with E-state index in [1.807, 2.05) is 24.4 Å². The number of aliphatic carboxylic acids is 1. The maximum atomic E-state index is 11.5. The number of carbonyl (C=O) groups excluding carboxylic acids is 1. The normalized spacial score (nSPS) is 12.5. The number of hydrogen-bond acceptors (Lipinski definition) is 3. The van der Waals surface area contributed by atoms with Gasteiger partial charge in [0.15, 0.2) is 0 Å². The third-order valence-electron chi connectivity index (χ3n) is 2.20. The lowest BCUT2D eigenvalue weighted by Gasteiger charge is -2.12. The summed E-state index contributed by atoms with van der Waals surface area (Å²) in [7, 11) is 0. The van der Waals surface area contributed by atoms with Crippen molar-refractivity contribution in [1.29, 1.82) is 0 Å². The van der Waals surface area contributed by atoms with Crippen LogP contribution in [0, 0.1) is 0 Å². The Kier molecular flexibility index (Phi) is 5.42. The molecule has 0 saturated carbocycles. The van der Waals surface area contributed by atoms with Crippen LogP contribution in [0.1, 0.15) is 24.6 Å². The molecule has 0 fully saturated rings. The molecule has 4 nitrogen and oxygen atoms in total. The maximum absolute atomic E-state index is 11.5. The van der Waals surface area contributed by atoms with Crippen LogP contribution in [0.2, 0.25) is 0 Å². The van der Waals surface area contributed by atoms with Gasteiger partial charge in [-0.05, 0) is 23.9 Å². The molecular formula is C12H15NO3S. The third-order valence-corrected chi connectivity index (χ3v) is 3.04. The van der Waals surface area contributed by atoms with Crippen LogP contribution in [0.25, 0.3) is 6.08 Å². The molecule has 0 radical (unpaired) electrons. The van der Waals surface area contributed by atoms with E-state index in [4.69, 9.17) is 5.11 Å². The van der Waals surface area contributed by atoms with Gasteiger partial charge >= 0.3 is 5.97 Å². The first kappa shape index (κ1) is 13.4. The molecule has 1 unspecified atom stereocenters. The highest BCUT2D eigenvalue weighted by Gasteiger charge is 2.12. The monoisotopic (exact) mass is 253 g/mol. The molecule has 2 N–H and O–H groups in total. The lowest BCUT2D eigenvalue weighted by molar-refractivity contribution is -0.137. The Hall–Kier alpha value is -1.62. The number of carboxylic acid groups (broad SMARTS) is 1. The van der Waals surface area contributed by atoms with Gasteiger partial charge in [0.1, 0.15) is 0 Å². The average molecular weight is 253 g/mol. The van der Waals surface area contributed by atoms with Crippen molar-refractivity contribution in [2.24, 2.45) is 0 Å². The van der Waals surface area contributed by atoms with Gasteiger partial charge in [0, 0.05) is 17.0 Å². The molecule has 1 aromatic heterocycles. The van der Waals surface area contributed by atoms with Crippen LogP contribution >= 0.6 is 11.3 Å². The van der Waals surface area contributed by atoms with Gasteiger partial charge < -0.3 is 10.4 Å². The molecule has 0 saturated heterocycles. The first-order valence-corrected chi connectivity index (χ1v) is 6.23. The Morgan fingerprint density at radius 2 is 2.35 bits per heavy atom. The summed E-state index contributed by atoms with van der Waals surface area (Å²) in [5, 5.41) is 13.2. The fraction of sp³-hybridized carbons (Fsp3) is 0.333. The summed E-state index contributed by atoms with van der Waals surface area (Å²) in [6.45, 7) is 1.84. The molecule has 1 heterocycles. The van der Waals surface area contributed by atoms with E-state index in [9.17, 15) is 9.59 Å². The first-order chi connectivity index (χ1) is 8.11. The van der Waals surface area contributed by atoms with Gasteiger partial charge in [-0.3, -0.25) is 9.59 Å². The quantitative estimate of drug-likeness (QED) is 0.763. The number of rotatable bonds is 6. The van der Waals surface area contributed by atoms with Crippen molar-refractivity contribution < 1.29 is 14.7 Å². The van der Waals surface area contributed by atoms with Crippen LogP contribution in [0.4, 0.5) is 0 Å². The topological polar surface area (TPSA) is 66.4 Å². The Bertz CT molecular complexity index is 398. The Morgan fingerprint density at radius 3 is 2.88 bits per heavy atom. The van der Waals surface area contributed by atoms with E-state index in [1.165, 1.54) is 17.4 Å². The molecule has 0 aliphatic heterocycles. The van der Waals surface area contributed by atoms with E-state index in [0.29, 0.717) is 6.42 Å². The van der Waals surface area contributed by atoms with Crippen LogP contribution < -0.4 is 5.32 Å². The summed E-state index contributed by atoms with van der Waals surface area (Å²) in [5.74, 6) is -1.16. The molecule has 0 aliphatic rings. The lowest BCUT2D eigenvalue weighted by atomic mass is 10.1. The minimum absolute atomic E-state index is 0.0465. The van der Waals surface area contributed by atoms with Gasteiger partial charge in [-0.1, -0.05) is 13.0 Å². The van der Waals surface area contributed by atoms with Crippen molar-refractivity contribution in [3.63, 3.8) is 0 Å². The van der Waals surface area contributed by atoms with Crippen LogP contribution in [0.15, 0.2) is 23.6 Å². The van der Waals surface area contributed by atoms with Crippen LogP contribution in [-0.2, 0) is 9.59 Å². The summed E-state index contributed by atoms with van der Waals surface area (Å²) in [6, 6.07) is 3.50. The minimum Gasteiger partial charge on any atom is -0.481 e. The summed E-state index contributed by atoms with van der Waals surface area (Å²) in [5.41, 5.74) is 0. The molecule has 1 rings (SSSR count). The van der Waals surface area contributed by atoms with Gasteiger partial charge in [0.2, 0.25) is 5.91 Å². The number of nitrogens with one attached hydrogen (secondary N) is 1. The van der Waals surface area contributed by atoms with Crippen molar-refractivity contribution in [2.45, 2.75) is 25.8 Å². The first-order valence-electron chi connectivity index (χ1n) is 5.35. The molecule has 92 valence electrons. The van der Waals surface area contributed by atoms with Gasteiger partial charge in [-0.2, -0.15) is 0 Å². The average Bonchev–Trinajstić information content (AvgIpc) is 2.77. The predicted molar refractivity (Wildman–Crippen MR) is 67.8 cm³/mol. The van der Waals surface area contributed by atoms with Crippen LogP contribution in [0.3, 0.4) is 0 Å². The second-order valence-electron chi connectivity index (χ2n) is 3.56. The molecule has 17 heavy (non-hydrogen) atoms. The largest absolute Gasteiger partial charge is 0.481 e. The fourth-order valence-corrected chi connectivity index (χ4v) is 1.92. The number of carbonyl (C=O) groups is 2. The lowest BCUT2D eigenvalue weighted by Crippen LogP contribution is -2.34. The smallest absolute Gasteiger partial charge is 0.305 e. The van der Waals surface area contributed by atoms with E-state index in [0.717, 1.165) is 4.88 Å². The number of thiophene rings is 1. The highest BCUT2D eigenvalue weighted by molar-refractivity contribution is 7.10. The Balaban J connectivity index is 2.45. The van der Waals surface area contributed by atoms with E-state index in [-0.39, 0.29) is 18.4 Å². The summed E-state index contributed by atoms with van der Waals surface area (Å²) < 4.78 is 0. The number of hydrogen-bond donors (Lipinski definition) is 2. The van der Waals surface area contributed by atoms with Crippen molar-refractivity contribution in [2.75, 3.05) is 0 Å². The standard InChI is InChI=1S/C12H15NO3S/c1-2-9(8-12(15)16)13-11(14)6-5-10-4-3-7-17-10/h3-7,9H,2,8H2,1H3,(H,13,14)(H,15,16)/b6-5+. The molecule has 1 amide bonds. The molecular weight excluding hydrogens is 238 g/mol. The fourth-order valence-electron chi connectivity index (χ4n) is 1.30. The van der Waals surface area contributed by atoms with E-state index < -0.39 is 5.97 Å². The molecule has 1 aromatic rings. The van der Waals surface area contributed by atoms with Gasteiger partial charge in [-0.25, -0.2) is 0 Å². The zero-order valence-electron chi connectivity index (χ0n) is 9.55. The van der Waals surface area contributed by atoms with Crippen molar-refractivity contribution in [3.8, 4) is 0 Å². The second kappa shape index (κ2) is 6.85. The van der Waals surface area contributed by atoms with E-state index in [1.54, 1.807) is 6.08 Å². The Labute approximate surface area is 104 Å². The van der Waals surface area contributed by atoms with Crippen molar-refractivity contribution in [1.82, 2.24) is 5.32 Å². The third kappa shape index (κ3) is 5.31. The minimum atomic E-state index is -0.903. The van der Waals surface area contributed by atoms with E-state index in [2.05, 4.69) is 5.32 Å². The highest BCUT2D eigenvalue weighted by Crippen LogP contribution is 2.10. The second-order valence-corrected chi connectivity index (χ2v) is 4.54. The van der Waals surface area contributed by atoms with Gasteiger partial charge in [0.25, 0.3) is 0 Å². The summed E-state index contributed by atoms with van der Waals surface area (Å²) in [6.07, 6.45) is 3.70. The SMILES string of the molecule is CCC(CC(=O)O)NC(=O)/C=C/c1cccs1.